The van der Waals surface area contributed by atoms with Gasteiger partial charge >= 0.3 is 0 Å². The maximum absolute atomic E-state index is 3.72. The molecule has 0 unspecified atom stereocenters. The molecule has 0 fully saturated rings. The van der Waals surface area contributed by atoms with Crippen LogP contribution in [0.4, 0.5) is 0 Å². The Kier molecular flexibility index (Phi) is 5.91. The van der Waals surface area contributed by atoms with E-state index in [-0.39, 0.29) is 0 Å². The van der Waals surface area contributed by atoms with E-state index in [1.807, 2.05) is 6.08 Å². The van der Waals surface area contributed by atoms with Gasteiger partial charge in [0.05, 0.1) is 0 Å². The van der Waals surface area contributed by atoms with Crippen molar-refractivity contribution in [3.63, 3.8) is 0 Å². The fraction of sp³-hybridized carbons (Fsp3) is 0.545. The Morgan fingerprint density at radius 3 is 2.45 bits per heavy atom. The van der Waals surface area contributed by atoms with Crippen molar-refractivity contribution in [1.29, 1.82) is 0 Å². The Hall–Kier alpha value is -0.520. The fourth-order valence-corrected chi connectivity index (χ4v) is 0.793. The Morgan fingerprint density at radius 2 is 2.00 bits per heavy atom. The molecule has 1 radical (unpaired) electrons. The first kappa shape index (κ1) is 10.5. The predicted molar refractivity (Wildman–Crippen MR) is 52.4 cm³/mol. The SMILES string of the molecule is C=C[C](C)CC/C=C(\C)CC. The lowest BCUT2D eigenvalue weighted by Crippen LogP contribution is -1.84. The monoisotopic (exact) mass is 151 g/mol. The van der Waals surface area contributed by atoms with Crippen molar-refractivity contribution in [2.45, 2.75) is 40.0 Å². The van der Waals surface area contributed by atoms with E-state index in [1.54, 1.807) is 0 Å². The summed E-state index contributed by atoms with van der Waals surface area (Å²) in [5, 5.41) is 0. The Balaban J connectivity index is 3.47. The van der Waals surface area contributed by atoms with Crippen LogP contribution in [0.15, 0.2) is 24.3 Å². The second-order valence-electron chi connectivity index (χ2n) is 2.99. The van der Waals surface area contributed by atoms with Crippen molar-refractivity contribution >= 4 is 0 Å². The second-order valence-corrected chi connectivity index (χ2v) is 2.99. The molecule has 0 aliphatic carbocycles. The van der Waals surface area contributed by atoms with Crippen LogP contribution in [-0.2, 0) is 0 Å². The molecule has 63 valence electrons. The van der Waals surface area contributed by atoms with E-state index in [9.17, 15) is 0 Å². The Morgan fingerprint density at radius 1 is 1.36 bits per heavy atom. The number of hydrogen-bond donors (Lipinski definition) is 0. The minimum Gasteiger partial charge on any atom is -0.103 e. The third-order valence-electron chi connectivity index (χ3n) is 1.94. The lowest BCUT2D eigenvalue weighted by atomic mass is 10.0. The summed E-state index contributed by atoms with van der Waals surface area (Å²) in [6, 6.07) is 0. The zero-order valence-corrected chi connectivity index (χ0v) is 7.98. The van der Waals surface area contributed by atoms with Gasteiger partial charge in [0.25, 0.3) is 0 Å². The van der Waals surface area contributed by atoms with Crippen LogP contribution in [0.25, 0.3) is 0 Å². The lowest BCUT2D eigenvalue weighted by Gasteiger charge is -2.01. The molecule has 0 aromatic heterocycles. The molecule has 0 aliphatic rings. The zero-order valence-electron chi connectivity index (χ0n) is 7.98. The summed E-state index contributed by atoms with van der Waals surface area (Å²) in [5.74, 6) is 1.38. The maximum atomic E-state index is 3.72. The minimum absolute atomic E-state index is 1.15. The average Bonchev–Trinajstić information content (AvgIpc) is 2.04. The largest absolute Gasteiger partial charge is 0.103 e. The van der Waals surface area contributed by atoms with E-state index < -0.39 is 0 Å². The molecule has 0 bridgehead atoms. The molecule has 0 saturated heterocycles. The van der Waals surface area contributed by atoms with Crippen molar-refractivity contribution in [2.75, 3.05) is 0 Å². The van der Waals surface area contributed by atoms with Gasteiger partial charge in [0.15, 0.2) is 0 Å². The highest BCUT2D eigenvalue weighted by Gasteiger charge is 1.93. The van der Waals surface area contributed by atoms with Gasteiger partial charge in [-0.05, 0) is 32.1 Å². The molecule has 0 aromatic carbocycles. The van der Waals surface area contributed by atoms with Gasteiger partial charge in [0.2, 0.25) is 0 Å². The van der Waals surface area contributed by atoms with Crippen LogP contribution >= 0.6 is 0 Å². The van der Waals surface area contributed by atoms with Gasteiger partial charge in [0, 0.05) is 0 Å². The van der Waals surface area contributed by atoms with Gasteiger partial charge in [-0.25, -0.2) is 0 Å². The zero-order chi connectivity index (χ0) is 8.69. The normalized spacial score (nSPS) is 12.2. The quantitative estimate of drug-likeness (QED) is 0.523. The standard InChI is InChI=1S/C11H19/c1-5-10(3)8-7-9-11(4)6-2/h5,9H,1,6-8H2,2-4H3/b11-9+. The summed E-state index contributed by atoms with van der Waals surface area (Å²) in [6.45, 7) is 10.2. The molecule has 0 aromatic rings. The molecular weight excluding hydrogens is 132 g/mol. The Labute approximate surface area is 71.0 Å². The molecule has 0 atom stereocenters. The predicted octanol–water partition coefficient (Wildman–Crippen LogP) is 3.90. The van der Waals surface area contributed by atoms with Crippen LogP contribution in [0.1, 0.15) is 40.0 Å². The van der Waals surface area contributed by atoms with Crippen LogP contribution in [-0.4, -0.2) is 0 Å². The first-order chi connectivity index (χ1) is 5.20. The van der Waals surface area contributed by atoms with Crippen molar-refractivity contribution in [1.82, 2.24) is 0 Å². The van der Waals surface area contributed by atoms with E-state index in [2.05, 4.69) is 33.4 Å². The van der Waals surface area contributed by atoms with Crippen molar-refractivity contribution in [3.8, 4) is 0 Å². The smallest absolute Gasteiger partial charge is 0.00580 e. The molecule has 0 saturated carbocycles. The lowest BCUT2D eigenvalue weighted by molar-refractivity contribution is 0.885. The van der Waals surface area contributed by atoms with Crippen LogP contribution in [0, 0.1) is 5.92 Å². The topological polar surface area (TPSA) is 0 Å². The molecular formula is C11H19. The fourth-order valence-electron chi connectivity index (χ4n) is 0.793. The second kappa shape index (κ2) is 6.21. The van der Waals surface area contributed by atoms with E-state index in [1.165, 1.54) is 17.9 Å². The number of rotatable bonds is 5. The van der Waals surface area contributed by atoms with E-state index in [0.29, 0.717) is 0 Å². The average molecular weight is 151 g/mol. The maximum Gasteiger partial charge on any atom is -0.00580 e. The Bertz CT molecular complexity index is 131. The van der Waals surface area contributed by atoms with E-state index in [4.69, 9.17) is 0 Å². The third-order valence-corrected chi connectivity index (χ3v) is 1.94. The molecule has 0 spiro atoms. The number of allylic oxidation sites excluding steroid dienone is 3. The van der Waals surface area contributed by atoms with Gasteiger partial charge < -0.3 is 0 Å². The van der Waals surface area contributed by atoms with Gasteiger partial charge in [-0.3, -0.25) is 0 Å². The summed E-state index contributed by atoms with van der Waals surface area (Å²) in [5.41, 5.74) is 1.49. The van der Waals surface area contributed by atoms with Crippen molar-refractivity contribution in [3.05, 3.63) is 30.2 Å². The first-order valence-corrected chi connectivity index (χ1v) is 4.31. The highest BCUT2D eigenvalue weighted by Crippen LogP contribution is 2.10. The van der Waals surface area contributed by atoms with E-state index >= 15 is 0 Å². The van der Waals surface area contributed by atoms with Crippen LogP contribution in [0.2, 0.25) is 0 Å². The van der Waals surface area contributed by atoms with Gasteiger partial charge in [-0.15, -0.1) is 6.58 Å². The molecule has 0 amide bonds. The van der Waals surface area contributed by atoms with Crippen LogP contribution in [0.5, 0.6) is 0 Å². The summed E-state index contributed by atoms with van der Waals surface area (Å²) >= 11 is 0. The molecule has 0 N–H and O–H groups in total. The molecule has 0 heteroatoms. The minimum atomic E-state index is 1.15. The third kappa shape index (κ3) is 5.90. The first-order valence-electron chi connectivity index (χ1n) is 4.31. The van der Waals surface area contributed by atoms with Crippen LogP contribution < -0.4 is 0 Å². The molecule has 11 heavy (non-hydrogen) atoms. The molecule has 0 heterocycles. The summed E-state index contributed by atoms with van der Waals surface area (Å²) in [4.78, 5) is 0. The highest BCUT2D eigenvalue weighted by atomic mass is 14.0. The highest BCUT2D eigenvalue weighted by molar-refractivity contribution is 5.05. The molecule has 0 rings (SSSR count). The van der Waals surface area contributed by atoms with Crippen molar-refractivity contribution < 1.29 is 0 Å². The van der Waals surface area contributed by atoms with Gasteiger partial charge in [-0.1, -0.05) is 31.6 Å². The molecule has 0 aliphatic heterocycles. The summed E-state index contributed by atoms with van der Waals surface area (Å²) in [6.07, 6.45) is 7.74. The van der Waals surface area contributed by atoms with Crippen molar-refractivity contribution in [2.24, 2.45) is 0 Å². The summed E-state index contributed by atoms with van der Waals surface area (Å²) in [7, 11) is 0. The number of hydrogen-bond acceptors (Lipinski definition) is 0. The van der Waals surface area contributed by atoms with Crippen LogP contribution in [0.3, 0.4) is 0 Å². The van der Waals surface area contributed by atoms with E-state index in [0.717, 1.165) is 12.8 Å². The van der Waals surface area contributed by atoms with Gasteiger partial charge in [-0.2, -0.15) is 0 Å². The molecule has 0 nitrogen and oxygen atoms in total. The van der Waals surface area contributed by atoms with Gasteiger partial charge in [0.1, 0.15) is 0 Å². The summed E-state index contributed by atoms with van der Waals surface area (Å²) < 4.78 is 0.